The number of carbonyl (C=O) groups excluding carboxylic acids is 2. The normalized spacial score (nSPS) is 14.2. The van der Waals surface area contributed by atoms with Gasteiger partial charge in [-0.15, -0.1) is 0 Å². The van der Waals surface area contributed by atoms with Gasteiger partial charge in [-0.25, -0.2) is 4.79 Å². The van der Waals surface area contributed by atoms with E-state index >= 15 is 0 Å². The molecule has 1 aliphatic rings. The van der Waals surface area contributed by atoms with Gasteiger partial charge in [0.1, 0.15) is 6.54 Å². The molecule has 0 saturated carbocycles. The lowest BCUT2D eigenvalue weighted by atomic mass is 10.2. The predicted molar refractivity (Wildman–Crippen MR) is 95.3 cm³/mol. The predicted octanol–water partition coefficient (Wildman–Crippen LogP) is 3.18. The highest BCUT2D eigenvalue weighted by Gasteiger charge is 2.30. The Labute approximate surface area is 141 Å². The number of hydrogen-bond donors (Lipinski definition) is 1. The standard InChI is InChI=1S/C19H21N3O2/c1-14-7-9-16(10-8-14)22-12-11-21(19(22)24)13-18(23)20-17-6-4-3-5-15(17)2/h3-10H,11-13H2,1-2H3,(H,20,23). The number of benzene rings is 2. The molecule has 0 unspecified atom stereocenters. The smallest absolute Gasteiger partial charge is 0.324 e. The van der Waals surface area contributed by atoms with E-state index in [1.165, 1.54) is 0 Å². The monoisotopic (exact) mass is 323 g/mol. The minimum Gasteiger partial charge on any atom is -0.324 e. The molecule has 3 amide bonds. The molecule has 124 valence electrons. The molecule has 5 nitrogen and oxygen atoms in total. The Morgan fingerprint density at radius 2 is 1.75 bits per heavy atom. The van der Waals surface area contributed by atoms with Gasteiger partial charge in [0.05, 0.1) is 0 Å². The lowest BCUT2D eigenvalue weighted by Crippen LogP contribution is -2.37. The van der Waals surface area contributed by atoms with Crippen LogP contribution in [0.15, 0.2) is 48.5 Å². The number of urea groups is 1. The second kappa shape index (κ2) is 6.74. The van der Waals surface area contributed by atoms with Crippen molar-refractivity contribution < 1.29 is 9.59 Å². The van der Waals surface area contributed by atoms with Gasteiger partial charge in [-0.2, -0.15) is 0 Å². The van der Waals surface area contributed by atoms with E-state index in [9.17, 15) is 9.59 Å². The third kappa shape index (κ3) is 3.40. The van der Waals surface area contributed by atoms with Gasteiger partial charge in [-0.05, 0) is 37.6 Å². The molecule has 0 aromatic heterocycles. The second-order valence-corrected chi connectivity index (χ2v) is 6.05. The Balaban J connectivity index is 1.62. The van der Waals surface area contributed by atoms with Crippen LogP contribution in [-0.2, 0) is 4.79 Å². The molecule has 0 bridgehead atoms. The molecular formula is C19H21N3O2. The van der Waals surface area contributed by atoms with Crippen LogP contribution >= 0.6 is 0 Å². The van der Waals surface area contributed by atoms with Gasteiger partial charge in [0.2, 0.25) is 5.91 Å². The maximum atomic E-state index is 12.5. The molecule has 1 fully saturated rings. The van der Waals surface area contributed by atoms with Crippen molar-refractivity contribution in [3.05, 3.63) is 59.7 Å². The minimum atomic E-state index is -0.177. The average molecular weight is 323 g/mol. The number of nitrogens with one attached hydrogen (secondary N) is 1. The lowest BCUT2D eigenvalue weighted by Gasteiger charge is -2.19. The van der Waals surface area contributed by atoms with Crippen molar-refractivity contribution in [2.75, 3.05) is 29.9 Å². The van der Waals surface area contributed by atoms with Gasteiger partial charge in [0, 0.05) is 24.5 Å². The molecule has 1 heterocycles. The summed E-state index contributed by atoms with van der Waals surface area (Å²) in [6, 6.07) is 15.3. The van der Waals surface area contributed by atoms with Crippen LogP contribution in [-0.4, -0.2) is 36.5 Å². The molecule has 2 aromatic carbocycles. The SMILES string of the molecule is Cc1ccc(N2CCN(CC(=O)Nc3ccccc3C)C2=O)cc1. The highest BCUT2D eigenvalue weighted by molar-refractivity contribution is 5.99. The summed E-state index contributed by atoms with van der Waals surface area (Å²) in [4.78, 5) is 28.0. The summed E-state index contributed by atoms with van der Waals surface area (Å²) < 4.78 is 0. The maximum absolute atomic E-state index is 12.5. The highest BCUT2D eigenvalue weighted by Crippen LogP contribution is 2.21. The first kappa shape index (κ1) is 16.1. The van der Waals surface area contributed by atoms with E-state index < -0.39 is 0 Å². The molecule has 0 atom stereocenters. The molecule has 3 rings (SSSR count). The second-order valence-electron chi connectivity index (χ2n) is 6.05. The fraction of sp³-hybridized carbons (Fsp3) is 0.263. The van der Waals surface area contributed by atoms with Crippen LogP contribution in [0.25, 0.3) is 0 Å². The molecule has 5 heteroatoms. The topological polar surface area (TPSA) is 52.6 Å². The Kier molecular flexibility index (Phi) is 4.51. The quantitative estimate of drug-likeness (QED) is 0.939. The molecule has 0 radical (unpaired) electrons. The summed E-state index contributed by atoms with van der Waals surface area (Å²) in [5, 5.41) is 2.87. The molecule has 1 saturated heterocycles. The van der Waals surface area contributed by atoms with Gasteiger partial charge in [0.25, 0.3) is 0 Å². The van der Waals surface area contributed by atoms with Crippen LogP contribution in [0.5, 0.6) is 0 Å². The number of carbonyl (C=O) groups is 2. The molecule has 0 spiro atoms. The molecule has 1 aliphatic heterocycles. The molecule has 0 aliphatic carbocycles. The first-order chi connectivity index (χ1) is 11.5. The summed E-state index contributed by atoms with van der Waals surface area (Å²) in [7, 11) is 0. The van der Waals surface area contributed by atoms with Crippen LogP contribution in [0, 0.1) is 13.8 Å². The van der Waals surface area contributed by atoms with E-state index in [0.717, 1.165) is 22.5 Å². The van der Waals surface area contributed by atoms with Gasteiger partial charge < -0.3 is 10.2 Å². The zero-order valence-electron chi connectivity index (χ0n) is 14.0. The molecule has 1 N–H and O–H groups in total. The van der Waals surface area contributed by atoms with Crippen LogP contribution < -0.4 is 10.2 Å². The van der Waals surface area contributed by atoms with E-state index in [4.69, 9.17) is 0 Å². The molecular weight excluding hydrogens is 302 g/mol. The molecule has 2 aromatic rings. The van der Waals surface area contributed by atoms with Crippen molar-refractivity contribution in [1.29, 1.82) is 0 Å². The zero-order chi connectivity index (χ0) is 17.1. The summed E-state index contributed by atoms with van der Waals surface area (Å²) in [6.07, 6.45) is 0. The average Bonchev–Trinajstić information content (AvgIpc) is 2.91. The fourth-order valence-electron chi connectivity index (χ4n) is 2.77. The number of rotatable bonds is 4. The third-order valence-corrected chi connectivity index (χ3v) is 4.19. The zero-order valence-corrected chi connectivity index (χ0v) is 14.0. The van der Waals surface area contributed by atoms with Gasteiger partial charge in [-0.1, -0.05) is 35.9 Å². The summed E-state index contributed by atoms with van der Waals surface area (Å²) in [5.41, 5.74) is 3.80. The summed E-state index contributed by atoms with van der Waals surface area (Å²) in [6.45, 7) is 5.16. The summed E-state index contributed by atoms with van der Waals surface area (Å²) >= 11 is 0. The van der Waals surface area contributed by atoms with Gasteiger partial charge in [0.15, 0.2) is 0 Å². The van der Waals surface area contributed by atoms with E-state index in [0.29, 0.717) is 13.1 Å². The Hall–Kier alpha value is -2.82. The van der Waals surface area contributed by atoms with Crippen LogP contribution in [0.4, 0.5) is 16.2 Å². The van der Waals surface area contributed by atoms with Crippen LogP contribution in [0.3, 0.4) is 0 Å². The van der Waals surface area contributed by atoms with E-state index in [-0.39, 0.29) is 18.5 Å². The van der Waals surface area contributed by atoms with Crippen LogP contribution in [0.1, 0.15) is 11.1 Å². The van der Waals surface area contributed by atoms with Crippen molar-refractivity contribution in [3.8, 4) is 0 Å². The maximum Gasteiger partial charge on any atom is 0.325 e. The third-order valence-electron chi connectivity index (χ3n) is 4.19. The number of amides is 3. The first-order valence-corrected chi connectivity index (χ1v) is 8.03. The van der Waals surface area contributed by atoms with E-state index in [1.807, 2.05) is 62.4 Å². The summed E-state index contributed by atoms with van der Waals surface area (Å²) in [5.74, 6) is -0.177. The Bertz CT molecular complexity index is 755. The Morgan fingerprint density at radius 1 is 1.04 bits per heavy atom. The van der Waals surface area contributed by atoms with Gasteiger partial charge >= 0.3 is 6.03 Å². The minimum absolute atomic E-state index is 0.0650. The largest absolute Gasteiger partial charge is 0.325 e. The number of hydrogen-bond acceptors (Lipinski definition) is 2. The number of nitrogens with zero attached hydrogens (tertiary/aromatic N) is 2. The lowest BCUT2D eigenvalue weighted by molar-refractivity contribution is -0.116. The van der Waals surface area contributed by atoms with Gasteiger partial charge in [-0.3, -0.25) is 9.69 Å². The van der Waals surface area contributed by atoms with Crippen molar-refractivity contribution in [1.82, 2.24) is 4.90 Å². The van der Waals surface area contributed by atoms with Crippen molar-refractivity contribution >= 4 is 23.3 Å². The van der Waals surface area contributed by atoms with E-state index in [1.54, 1.807) is 9.80 Å². The van der Waals surface area contributed by atoms with Crippen molar-refractivity contribution in [2.24, 2.45) is 0 Å². The highest BCUT2D eigenvalue weighted by atomic mass is 16.2. The number of para-hydroxylation sites is 1. The molecule has 24 heavy (non-hydrogen) atoms. The van der Waals surface area contributed by atoms with E-state index in [2.05, 4.69) is 5.32 Å². The first-order valence-electron chi connectivity index (χ1n) is 8.03. The fourth-order valence-corrected chi connectivity index (χ4v) is 2.77. The van der Waals surface area contributed by atoms with Crippen LogP contribution in [0.2, 0.25) is 0 Å². The van der Waals surface area contributed by atoms with Crippen molar-refractivity contribution in [3.63, 3.8) is 0 Å². The number of aryl methyl sites for hydroxylation is 2. The number of anilines is 2. The Morgan fingerprint density at radius 3 is 2.46 bits per heavy atom. The van der Waals surface area contributed by atoms with Crippen molar-refractivity contribution in [2.45, 2.75) is 13.8 Å².